The third-order valence-electron chi connectivity index (χ3n) is 13.1. The Morgan fingerprint density at radius 1 is 0.266 bits per heavy atom. The van der Waals surface area contributed by atoms with Crippen LogP contribution in [-0.4, -0.2) is 0 Å². The average molecular weight is 817 g/mol. The zero-order chi connectivity index (χ0) is 42.7. The van der Waals surface area contributed by atoms with E-state index >= 15 is 0 Å². The molecule has 0 aliphatic heterocycles. The third-order valence-corrected chi connectivity index (χ3v) is 13.1. The molecule has 12 aromatic rings. The minimum atomic E-state index is 1.11. The highest BCUT2D eigenvalue weighted by Crippen LogP contribution is 2.52. The maximum atomic E-state index is 2.45. The number of fused-ring (bicyclic) bond motifs is 2. The quantitative estimate of drug-likeness (QED) is 0.141. The summed E-state index contributed by atoms with van der Waals surface area (Å²) in [5.41, 5.74) is 14.0. The smallest absolute Gasteiger partial charge is 0.0546 e. The van der Waals surface area contributed by atoms with Gasteiger partial charge in [0.25, 0.3) is 0 Å². The van der Waals surface area contributed by atoms with Crippen LogP contribution in [0.5, 0.6) is 0 Å². The molecule has 2 heteroatoms. The summed E-state index contributed by atoms with van der Waals surface area (Å²) >= 11 is 0. The van der Waals surface area contributed by atoms with Crippen LogP contribution in [0.25, 0.3) is 76.1 Å². The van der Waals surface area contributed by atoms with Crippen molar-refractivity contribution in [2.24, 2.45) is 0 Å². The van der Waals surface area contributed by atoms with Gasteiger partial charge in [0.15, 0.2) is 0 Å². The monoisotopic (exact) mass is 816 g/mol. The molecular formula is C62H44N2. The van der Waals surface area contributed by atoms with E-state index < -0.39 is 0 Å². The molecule has 2 nitrogen and oxygen atoms in total. The molecule has 0 amide bonds. The van der Waals surface area contributed by atoms with Gasteiger partial charge in [-0.15, -0.1) is 0 Å². The molecule has 0 aromatic heterocycles. The highest BCUT2D eigenvalue weighted by atomic mass is 15.1. The largest absolute Gasteiger partial charge is 0.310 e. The number of benzene rings is 12. The molecule has 0 spiro atoms. The van der Waals surface area contributed by atoms with Crippen LogP contribution in [-0.2, 0) is 0 Å². The normalized spacial score (nSPS) is 11.6. The van der Waals surface area contributed by atoms with E-state index in [4.69, 9.17) is 0 Å². The van der Waals surface area contributed by atoms with E-state index in [9.17, 15) is 0 Å². The second-order valence-corrected chi connectivity index (χ2v) is 17.1. The predicted molar refractivity (Wildman–Crippen MR) is 275 cm³/mol. The SMILES string of the molecule is Cc1ccc(N(c2ccccc2)c2cc(-c3ccc4ccccc4c3)c3ccc4c(N(c5ccccc5)c5ccc(C)cc5)cc(-c5ccc6ccccc6c5)c5ccc2c3c54)cc1. The molecule has 0 atom stereocenters. The van der Waals surface area contributed by atoms with Crippen LogP contribution < -0.4 is 9.80 Å². The first-order chi connectivity index (χ1) is 31.6. The van der Waals surface area contributed by atoms with Gasteiger partial charge >= 0.3 is 0 Å². The molecule has 12 aromatic carbocycles. The molecular weight excluding hydrogens is 773 g/mol. The number of hydrogen-bond donors (Lipinski definition) is 0. The molecule has 64 heavy (non-hydrogen) atoms. The topological polar surface area (TPSA) is 6.48 Å². The predicted octanol–water partition coefficient (Wildman–Crippen LogP) is 17.8. The van der Waals surface area contributed by atoms with Crippen LogP contribution in [0.4, 0.5) is 34.1 Å². The molecule has 0 unspecified atom stereocenters. The van der Waals surface area contributed by atoms with E-state index in [0.717, 1.165) is 34.1 Å². The van der Waals surface area contributed by atoms with Gasteiger partial charge in [0.2, 0.25) is 0 Å². The lowest BCUT2D eigenvalue weighted by Gasteiger charge is -2.31. The van der Waals surface area contributed by atoms with E-state index in [-0.39, 0.29) is 0 Å². The lowest BCUT2D eigenvalue weighted by Crippen LogP contribution is -2.12. The molecule has 0 saturated heterocycles. The number of para-hydroxylation sites is 2. The summed E-state index contributed by atoms with van der Waals surface area (Å²) in [6.45, 7) is 4.31. The van der Waals surface area contributed by atoms with Gasteiger partial charge in [0.1, 0.15) is 0 Å². The van der Waals surface area contributed by atoms with Crippen LogP contribution >= 0.6 is 0 Å². The van der Waals surface area contributed by atoms with E-state index in [2.05, 4.69) is 254 Å². The van der Waals surface area contributed by atoms with Gasteiger partial charge in [-0.25, -0.2) is 0 Å². The van der Waals surface area contributed by atoms with Crippen molar-refractivity contribution in [3.8, 4) is 22.3 Å². The summed E-state index contributed by atoms with van der Waals surface area (Å²) in [6, 6.07) is 85.2. The molecule has 0 fully saturated rings. The van der Waals surface area contributed by atoms with Gasteiger partial charge < -0.3 is 9.80 Å². The zero-order valence-corrected chi connectivity index (χ0v) is 35.8. The van der Waals surface area contributed by atoms with E-state index in [0.29, 0.717) is 0 Å². The molecule has 302 valence electrons. The van der Waals surface area contributed by atoms with Crippen molar-refractivity contribution in [1.29, 1.82) is 0 Å². The molecule has 0 aliphatic carbocycles. The Bertz CT molecular complexity index is 3420. The lowest BCUT2D eigenvalue weighted by molar-refractivity contribution is 1.29. The van der Waals surface area contributed by atoms with Gasteiger partial charge in [0.05, 0.1) is 11.4 Å². The fourth-order valence-electron chi connectivity index (χ4n) is 9.91. The van der Waals surface area contributed by atoms with E-state index in [1.807, 2.05) is 0 Å². The second-order valence-electron chi connectivity index (χ2n) is 17.1. The fourth-order valence-corrected chi connectivity index (χ4v) is 9.91. The summed E-state index contributed by atoms with van der Waals surface area (Å²) in [4.78, 5) is 4.90. The van der Waals surface area contributed by atoms with E-state index in [1.54, 1.807) is 0 Å². The Morgan fingerprint density at radius 3 is 1.02 bits per heavy atom. The van der Waals surface area contributed by atoms with Crippen molar-refractivity contribution in [3.63, 3.8) is 0 Å². The minimum Gasteiger partial charge on any atom is -0.310 e. The molecule has 12 rings (SSSR count). The Labute approximate surface area is 373 Å². The van der Waals surface area contributed by atoms with Crippen LogP contribution in [0.15, 0.2) is 231 Å². The highest BCUT2D eigenvalue weighted by molar-refractivity contribution is 6.32. The number of nitrogens with zero attached hydrogens (tertiary/aromatic N) is 2. The molecule has 0 radical (unpaired) electrons. The van der Waals surface area contributed by atoms with E-state index in [1.165, 1.54) is 87.2 Å². The number of anilines is 6. The van der Waals surface area contributed by atoms with Crippen LogP contribution in [0.2, 0.25) is 0 Å². The summed E-state index contributed by atoms with van der Waals surface area (Å²) < 4.78 is 0. The Kier molecular flexibility index (Phi) is 8.98. The van der Waals surface area contributed by atoms with Crippen LogP contribution in [0.1, 0.15) is 11.1 Å². The highest BCUT2D eigenvalue weighted by Gasteiger charge is 2.26. The minimum absolute atomic E-state index is 1.11. The van der Waals surface area contributed by atoms with Crippen molar-refractivity contribution >= 4 is 88.0 Å². The molecule has 0 heterocycles. The van der Waals surface area contributed by atoms with Crippen molar-refractivity contribution in [3.05, 3.63) is 242 Å². The first-order valence-corrected chi connectivity index (χ1v) is 22.2. The zero-order valence-electron chi connectivity index (χ0n) is 35.8. The number of rotatable bonds is 8. The number of aryl methyl sites for hydroxylation is 2. The van der Waals surface area contributed by atoms with Gasteiger partial charge in [-0.2, -0.15) is 0 Å². The number of hydrogen-bond acceptors (Lipinski definition) is 2. The van der Waals surface area contributed by atoms with Crippen molar-refractivity contribution in [2.45, 2.75) is 13.8 Å². The van der Waals surface area contributed by atoms with Crippen molar-refractivity contribution in [1.82, 2.24) is 0 Å². The first kappa shape index (κ1) is 37.6. The van der Waals surface area contributed by atoms with Crippen molar-refractivity contribution < 1.29 is 0 Å². The second kappa shape index (κ2) is 15.3. The average Bonchev–Trinajstić information content (AvgIpc) is 3.35. The van der Waals surface area contributed by atoms with Gasteiger partial charge in [-0.1, -0.05) is 169 Å². The van der Waals surface area contributed by atoms with Crippen molar-refractivity contribution in [2.75, 3.05) is 9.80 Å². The van der Waals surface area contributed by atoms with Crippen LogP contribution in [0, 0.1) is 13.8 Å². The molecule has 0 saturated carbocycles. The van der Waals surface area contributed by atoms with Gasteiger partial charge in [-0.3, -0.25) is 0 Å². The van der Waals surface area contributed by atoms with Crippen LogP contribution in [0.3, 0.4) is 0 Å². The van der Waals surface area contributed by atoms with Gasteiger partial charge in [0, 0.05) is 44.3 Å². The Morgan fingerprint density at radius 2 is 0.609 bits per heavy atom. The maximum Gasteiger partial charge on any atom is 0.0546 e. The Balaban J connectivity index is 1.25. The lowest BCUT2D eigenvalue weighted by atomic mass is 9.84. The third kappa shape index (κ3) is 6.34. The fraction of sp³-hybridized carbons (Fsp3) is 0.0323. The summed E-state index contributed by atoms with van der Waals surface area (Å²) in [6.07, 6.45) is 0. The standard InChI is InChI=1S/C62H44N2/c1-41-21-29-51(30-22-41)63(49-17-5-3-6-18-49)59-39-57(47-27-25-43-13-9-11-15-45(43)37-47)53-34-36-56-60(64(50-19-7-4-8-20-50)52-31-23-42(2)24-32-52)40-58(54-33-35-55(59)61(53)62(54)56)48-28-26-44-14-10-12-16-46(44)38-48/h3-40H,1-2H3. The molecule has 0 N–H and O–H groups in total. The molecule has 0 bridgehead atoms. The summed E-state index contributed by atoms with van der Waals surface area (Å²) in [7, 11) is 0. The Hall–Kier alpha value is -8.20. The summed E-state index contributed by atoms with van der Waals surface area (Å²) in [5, 5.41) is 12.3. The maximum absolute atomic E-state index is 2.45. The molecule has 0 aliphatic rings. The van der Waals surface area contributed by atoms with Gasteiger partial charge in [-0.05, 0) is 141 Å². The summed E-state index contributed by atoms with van der Waals surface area (Å²) in [5.74, 6) is 0. The first-order valence-electron chi connectivity index (χ1n) is 22.2.